The summed E-state index contributed by atoms with van der Waals surface area (Å²) in [6.45, 7) is 9.22. The highest BCUT2D eigenvalue weighted by Crippen LogP contribution is 2.33. The Morgan fingerprint density at radius 1 is 1.24 bits per heavy atom. The van der Waals surface area contributed by atoms with Crippen LogP contribution in [0.2, 0.25) is 0 Å². The standard InChI is InChI=1S/C14H27NO2/c1-11-4-6-14(16,7-5-11)10-15-8-9-17-13(3)12(15)2/h11-13,16H,4-10H2,1-3H3. The van der Waals surface area contributed by atoms with Gasteiger partial charge in [-0.25, -0.2) is 0 Å². The van der Waals surface area contributed by atoms with Gasteiger partial charge in [0.25, 0.3) is 0 Å². The van der Waals surface area contributed by atoms with Crippen molar-refractivity contribution in [3.63, 3.8) is 0 Å². The molecule has 2 rings (SSSR count). The maximum Gasteiger partial charge on any atom is 0.0774 e. The van der Waals surface area contributed by atoms with Gasteiger partial charge in [-0.3, -0.25) is 4.90 Å². The Morgan fingerprint density at radius 2 is 1.88 bits per heavy atom. The smallest absolute Gasteiger partial charge is 0.0774 e. The minimum absolute atomic E-state index is 0.287. The molecule has 0 aromatic carbocycles. The summed E-state index contributed by atoms with van der Waals surface area (Å²) < 4.78 is 5.64. The molecule has 0 aromatic rings. The van der Waals surface area contributed by atoms with Crippen LogP contribution in [-0.4, -0.2) is 47.4 Å². The molecular weight excluding hydrogens is 214 g/mol. The molecule has 1 heterocycles. The highest BCUT2D eigenvalue weighted by Gasteiger charge is 2.36. The third kappa shape index (κ3) is 3.21. The lowest BCUT2D eigenvalue weighted by atomic mass is 9.79. The first kappa shape index (κ1) is 13.3. The van der Waals surface area contributed by atoms with E-state index in [1.54, 1.807) is 0 Å². The Hall–Kier alpha value is -0.120. The molecule has 17 heavy (non-hydrogen) atoms. The Morgan fingerprint density at radius 3 is 2.53 bits per heavy atom. The molecule has 0 aromatic heterocycles. The number of morpholine rings is 1. The van der Waals surface area contributed by atoms with Crippen molar-refractivity contribution < 1.29 is 9.84 Å². The zero-order valence-corrected chi connectivity index (χ0v) is 11.5. The van der Waals surface area contributed by atoms with Gasteiger partial charge in [-0.1, -0.05) is 6.92 Å². The Bertz CT molecular complexity index is 249. The van der Waals surface area contributed by atoms with Gasteiger partial charge in [0.2, 0.25) is 0 Å². The van der Waals surface area contributed by atoms with Crippen LogP contribution in [0.5, 0.6) is 0 Å². The number of rotatable bonds is 2. The Kier molecular flexibility index (Phi) is 4.11. The lowest BCUT2D eigenvalue weighted by molar-refractivity contribution is -0.0989. The first-order valence-corrected chi connectivity index (χ1v) is 7.08. The van der Waals surface area contributed by atoms with Gasteiger partial charge in [0, 0.05) is 19.1 Å². The maximum atomic E-state index is 10.7. The van der Waals surface area contributed by atoms with Crippen molar-refractivity contribution in [2.75, 3.05) is 19.7 Å². The second-order valence-corrected chi connectivity index (χ2v) is 6.19. The van der Waals surface area contributed by atoms with Crippen molar-refractivity contribution in [1.82, 2.24) is 4.90 Å². The lowest BCUT2D eigenvalue weighted by Crippen LogP contribution is -2.55. The van der Waals surface area contributed by atoms with Crippen LogP contribution in [0.1, 0.15) is 46.5 Å². The maximum absolute atomic E-state index is 10.7. The topological polar surface area (TPSA) is 32.7 Å². The molecule has 0 amide bonds. The summed E-state index contributed by atoms with van der Waals surface area (Å²) >= 11 is 0. The van der Waals surface area contributed by atoms with E-state index in [1.165, 1.54) is 12.8 Å². The van der Waals surface area contributed by atoms with Crippen molar-refractivity contribution >= 4 is 0 Å². The molecular formula is C14H27NO2. The minimum Gasteiger partial charge on any atom is -0.389 e. The fraction of sp³-hybridized carbons (Fsp3) is 1.00. The number of hydrogen-bond donors (Lipinski definition) is 1. The zero-order chi connectivity index (χ0) is 12.5. The molecule has 2 atom stereocenters. The minimum atomic E-state index is -0.447. The first-order chi connectivity index (χ1) is 8.00. The molecule has 1 saturated heterocycles. The average molecular weight is 241 g/mol. The highest BCUT2D eigenvalue weighted by atomic mass is 16.5. The van der Waals surface area contributed by atoms with Gasteiger partial charge < -0.3 is 9.84 Å². The molecule has 1 aliphatic carbocycles. The van der Waals surface area contributed by atoms with Crippen LogP contribution in [0.15, 0.2) is 0 Å². The second kappa shape index (κ2) is 5.25. The Labute approximate surface area is 105 Å². The molecule has 2 aliphatic rings. The van der Waals surface area contributed by atoms with Crippen LogP contribution in [0.25, 0.3) is 0 Å². The summed E-state index contributed by atoms with van der Waals surface area (Å²) in [6.07, 6.45) is 4.56. The molecule has 0 spiro atoms. The normalized spacial score (nSPS) is 44.8. The summed E-state index contributed by atoms with van der Waals surface area (Å²) in [5.41, 5.74) is -0.447. The van der Waals surface area contributed by atoms with Crippen molar-refractivity contribution in [3.05, 3.63) is 0 Å². The van der Waals surface area contributed by atoms with Crippen molar-refractivity contribution in [3.8, 4) is 0 Å². The van der Waals surface area contributed by atoms with Crippen molar-refractivity contribution in [2.45, 2.75) is 64.2 Å². The third-order valence-electron chi connectivity index (χ3n) is 4.72. The SMILES string of the molecule is CC1CCC(O)(CN2CCOC(C)C2C)CC1. The van der Waals surface area contributed by atoms with Crippen LogP contribution >= 0.6 is 0 Å². The zero-order valence-electron chi connectivity index (χ0n) is 11.5. The molecule has 0 bridgehead atoms. The van der Waals surface area contributed by atoms with Gasteiger partial charge in [-0.15, -0.1) is 0 Å². The molecule has 0 radical (unpaired) electrons. The lowest BCUT2D eigenvalue weighted by Gasteiger charge is -2.44. The monoisotopic (exact) mass is 241 g/mol. The fourth-order valence-corrected chi connectivity index (χ4v) is 3.05. The molecule has 100 valence electrons. The summed E-state index contributed by atoms with van der Waals surface area (Å²) in [6, 6.07) is 0.423. The van der Waals surface area contributed by atoms with Gasteiger partial charge in [0.05, 0.1) is 18.3 Å². The van der Waals surface area contributed by atoms with Gasteiger partial charge in [-0.2, -0.15) is 0 Å². The summed E-state index contributed by atoms with van der Waals surface area (Å²) in [5.74, 6) is 0.788. The molecule has 1 aliphatic heterocycles. The highest BCUT2D eigenvalue weighted by molar-refractivity contribution is 4.90. The number of ether oxygens (including phenoxy) is 1. The largest absolute Gasteiger partial charge is 0.389 e. The Balaban J connectivity index is 1.91. The van der Waals surface area contributed by atoms with E-state index < -0.39 is 5.60 Å². The predicted octanol–water partition coefficient (Wildman–Crippen LogP) is 2.04. The molecule has 3 heteroatoms. The number of β-amino-alcohol motifs (C(OH)–C–C–N with tert-alkyl or cyclic N) is 1. The van der Waals surface area contributed by atoms with E-state index in [0.29, 0.717) is 6.04 Å². The van der Waals surface area contributed by atoms with Crippen LogP contribution in [-0.2, 0) is 4.74 Å². The van der Waals surface area contributed by atoms with Crippen molar-refractivity contribution in [1.29, 1.82) is 0 Å². The average Bonchev–Trinajstić information content (AvgIpc) is 2.30. The van der Waals surface area contributed by atoms with E-state index in [2.05, 4.69) is 25.7 Å². The number of aliphatic hydroxyl groups is 1. The molecule has 2 unspecified atom stereocenters. The fourth-order valence-electron chi connectivity index (χ4n) is 3.05. The van der Waals surface area contributed by atoms with Gasteiger partial charge >= 0.3 is 0 Å². The summed E-state index contributed by atoms with van der Waals surface area (Å²) in [4.78, 5) is 2.41. The van der Waals surface area contributed by atoms with E-state index in [-0.39, 0.29) is 6.10 Å². The number of nitrogens with zero attached hydrogens (tertiary/aromatic N) is 1. The van der Waals surface area contributed by atoms with Gasteiger partial charge in [-0.05, 0) is 45.4 Å². The van der Waals surface area contributed by atoms with E-state index in [4.69, 9.17) is 4.74 Å². The third-order valence-corrected chi connectivity index (χ3v) is 4.72. The summed E-state index contributed by atoms with van der Waals surface area (Å²) in [7, 11) is 0. The van der Waals surface area contributed by atoms with Crippen molar-refractivity contribution in [2.24, 2.45) is 5.92 Å². The van der Waals surface area contributed by atoms with Gasteiger partial charge in [0.15, 0.2) is 0 Å². The number of hydrogen-bond acceptors (Lipinski definition) is 3. The van der Waals surface area contributed by atoms with Gasteiger partial charge in [0.1, 0.15) is 0 Å². The second-order valence-electron chi connectivity index (χ2n) is 6.19. The van der Waals surface area contributed by atoms with Crippen LogP contribution in [0.4, 0.5) is 0 Å². The van der Waals surface area contributed by atoms with E-state index >= 15 is 0 Å². The van der Waals surface area contributed by atoms with E-state index in [0.717, 1.165) is 38.5 Å². The van der Waals surface area contributed by atoms with Crippen LogP contribution < -0.4 is 0 Å². The molecule has 1 saturated carbocycles. The quantitative estimate of drug-likeness (QED) is 0.803. The van der Waals surface area contributed by atoms with Crippen LogP contribution in [0, 0.1) is 5.92 Å². The predicted molar refractivity (Wildman–Crippen MR) is 69.0 cm³/mol. The molecule has 3 nitrogen and oxygen atoms in total. The first-order valence-electron chi connectivity index (χ1n) is 7.08. The summed E-state index contributed by atoms with van der Waals surface area (Å²) in [5, 5.41) is 10.7. The van der Waals surface area contributed by atoms with Crippen LogP contribution in [0.3, 0.4) is 0 Å². The molecule has 2 fully saturated rings. The molecule has 1 N–H and O–H groups in total. The van der Waals surface area contributed by atoms with E-state index in [9.17, 15) is 5.11 Å². The van der Waals surface area contributed by atoms with E-state index in [1.807, 2.05) is 0 Å².